The number of nitrogens with zero attached hydrogens (tertiary/aromatic N) is 1. The van der Waals surface area contributed by atoms with Gasteiger partial charge in [0.15, 0.2) is 0 Å². The van der Waals surface area contributed by atoms with Gasteiger partial charge in [0.05, 0.1) is 12.2 Å². The van der Waals surface area contributed by atoms with Crippen molar-refractivity contribution in [3.63, 3.8) is 0 Å². The Hall–Kier alpha value is -1.35. The van der Waals surface area contributed by atoms with Crippen molar-refractivity contribution in [2.24, 2.45) is 5.41 Å². The molecule has 1 saturated heterocycles. The maximum Gasteiger partial charge on any atom is 0.241 e. The summed E-state index contributed by atoms with van der Waals surface area (Å²) >= 11 is 0. The molecule has 2 rings (SSSR count). The molecule has 1 aliphatic rings. The lowest BCUT2D eigenvalue weighted by Gasteiger charge is -2.32. The summed E-state index contributed by atoms with van der Waals surface area (Å²) in [6.45, 7) is 6.46. The maximum absolute atomic E-state index is 12.2. The summed E-state index contributed by atoms with van der Waals surface area (Å²) in [5, 5.41) is 3.46. The molecule has 3 nitrogen and oxygen atoms in total. The van der Waals surface area contributed by atoms with Crippen molar-refractivity contribution in [2.45, 2.75) is 39.4 Å². The Bertz CT molecular complexity index is 422. The molecule has 0 saturated carbocycles. The van der Waals surface area contributed by atoms with Crippen LogP contribution in [0.2, 0.25) is 0 Å². The molecule has 2 atom stereocenters. The number of rotatable bonds is 2. The first-order valence-electron chi connectivity index (χ1n) is 6.46. The van der Waals surface area contributed by atoms with Gasteiger partial charge in [-0.15, -0.1) is 0 Å². The molecule has 98 valence electrons. The van der Waals surface area contributed by atoms with Crippen molar-refractivity contribution in [3.8, 4) is 0 Å². The third-order valence-corrected chi connectivity index (χ3v) is 3.50. The number of hydrogen-bond donors (Lipinski definition) is 1. The smallest absolute Gasteiger partial charge is 0.241 e. The highest BCUT2D eigenvalue weighted by atomic mass is 16.2. The minimum absolute atomic E-state index is 0.0514. The van der Waals surface area contributed by atoms with Crippen LogP contribution >= 0.6 is 0 Å². The molecular formula is C15H22N2O. The highest BCUT2D eigenvalue weighted by molar-refractivity contribution is 5.84. The summed E-state index contributed by atoms with van der Waals surface area (Å²) in [5.41, 5.74) is 1.25. The molecule has 0 bridgehead atoms. The van der Waals surface area contributed by atoms with Gasteiger partial charge < -0.3 is 4.90 Å². The summed E-state index contributed by atoms with van der Waals surface area (Å²) in [7, 11) is 1.89. The fourth-order valence-corrected chi connectivity index (χ4v) is 2.57. The van der Waals surface area contributed by atoms with E-state index in [0.717, 1.165) is 6.42 Å². The first-order chi connectivity index (χ1) is 8.39. The molecule has 1 fully saturated rings. The summed E-state index contributed by atoms with van der Waals surface area (Å²) in [4.78, 5) is 14.1. The van der Waals surface area contributed by atoms with Crippen molar-refractivity contribution >= 4 is 5.91 Å². The normalized spacial score (nSPS) is 24.7. The third kappa shape index (κ3) is 2.56. The number of carbonyl (C=O) groups excluding carboxylic acids is 1. The van der Waals surface area contributed by atoms with E-state index in [9.17, 15) is 4.79 Å². The van der Waals surface area contributed by atoms with E-state index in [-0.39, 0.29) is 23.5 Å². The van der Waals surface area contributed by atoms with Gasteiger partial charge in [0.1, 0.15) is 0 Å². The first-order valence-corrected chi connectivity index (χ1v) is 6.46. The summed E-state index contributed by atoms with van der Waals surface area (Å²) in [6.07, 6.45) is 0.870. The van der Waals surface area contributed by atoms with Crippen LogP contribution in [0, 0.1) is 5.41 Å². The van der Waals surface area contributed by atoms with E-state index in [1.54, 1.807) is 0 Å². The van der Waals surface area contributed by atoms with E-state index in [0.29, 0.717) is 0 Å². The Morgan fingerprint density at radius 2 is 1.83 bits per heavy atom. The Kier molecular flexibility index (Phi) is 3.44. The minimum Gasteiger partial charge on any atom is -0.328 e. The first kappa shape index (κ1) is 13.1. The summed E-state index contributed by atoms with van der Waals surface area (Å²) in [5.74, 6) is 0.193. The quantitative estimate of drug-likeness (QED) is 0.866. The Labute approximate surface area is 109 Å². The van der Waals surface area contributed by atoms with E-state index in [2.05, 4.69) is 38.2 Å². The fourth-order valence-electron chi connectivity index (χ4n) is 2.57. The molecule has 1 unspecified atom stereocenters. The standard InChI is InChI=1S/C15H22N2O/c1-15(2,3)14-16-12(13(18)17(14)4)10-11-8-6-5-7-9-11/h5-9,12,14,16H,10H2,1-4H3/t12-,14?/m0/s1. The number of amides is 1. The lowest BCUT2D eigenvalue weighted by Crippen LogP contribution is -2.45. The molecule has 18 heavy (non-hydrogen) atoms. The lowest BCUT2D eigenvalue weighted by molar-refractivity contribution is -0.129. The third-order valence-electron chi connectivity index (χ3n) is 3.50. The monoisotopic (exact) mass is 246 g/mol. The van der Waals surface area contributed by atoms with Gasteiger partial charge in [0, 0.05) is 7.05 Å². The van der Waals surface area contributed by atoms with Crippen molar-refractivity contribution in [3.05, 3.63) is 35.9 Å². The number of carbonyl (C=O) groups is 1. The van der Waals surface area contributed by atoms with Gasteiger partial charge in [-0.05, 0) is 17.4 Å². The van der Waals surface area contributed by atoms with Crippen LogP contribution in [0.3, 0.4) is 0 Å². The molecule has 0 radical (unpaired) electrons. The van der Waals surface area contributed by atoms with Crippen LogP contribution in [0.1, 0.15) is 26.3 Å². The molecule has 3 heteroatoms. The average molecular weight is 246 g/mol. The topological polar surface area (TPSA) is 32.3 Å². The predicted octanol–water partition coefficient (Wildman–Crippen LogP) is 2.03. The molecular weight excluding hydrogens is 224 g/mol. The molecule has 1 N–H and O–H groups in total. The van der Waals surface area contributed by atoms with E-state index >= 15 is 0 Å². The van der Waals surface area contributed by atoms with Gasteiger partial charge in [-0.2, -0.15) is 0 Å². The zero-order valence-electron chi connectivity index (χ0n) is 11.6. The van der Waals surface area contributed by atoms with Crippen LogP contribution in [-0.4, -0.2) is 30.1 Å². The van der Waals surface area contributed by atoms with Crippen molar-refractivity contribution in [1.82, 2.24) is 10.2 Å². The van der Waals surface area contributed by atoms with Crippen LogP contribution in [0.5, 0.6) is 0 Å². The Balaban J connectivity index is 2.10. The Morgan fingerprint density at radius 3 is 2.33 bits per heavy atom. The van der Waals surface area contributed by atoms with Gasteiger partial charge in [-0.25, -0.2) is 0 Å². The van der Waals surface area contributed by atoms with E-state index in [1.165, 1.54) is 5.56 Å². The zero-order chi connectivity index (χ0) is 13.3. The molecule has 1 aromatic rings. The molecule has 0 aromatic heterocycles. The van der Waals surface area contributed by atoms with Gasteiger partial charge in [-0.3, -0.25) is 10.1 Å². The zero-order valence-corrected chi connectivity index (χ0v) is 11.6. The largest absolute Gasteiger partial charge is 0.328 e. The van der Waals surface area contributed by atoms with Crippen LogP contribution in [-0.2, 0) is 11.2 Å². The van der Waals surface area contributed by atoms with Crippen LogP contribution < -0.4 is 5.32 Å². The lowest BCUT2D eigenvalue weighted by atomic mass is 9.92. The number of benzene rings is 1. The highest BCUT2D eigenvalue weighted by Crippen LogP contribution is 2.27. The van der Waals surface area contributed by atoms with Gasteiger partial charge in [0.2, 0.25) is 5.91 Å². The van der Waals surface area contributed by atoms with Crippen molar-refractivity contribution < 1.29 is 4.79 Å². The second-order valence-corrected chi connectivity index (χ2v) is 6.13. The predicted molar refractivity (Wildman–Crippen MR) is 73.1 cm³/mol. The van der Waals surface area contributed by atoms with Gasteiger partial charge in [-0.1, -0.05) is 51.1 Å². The van der Waals surface area contributed by atoms with Crippen molar-refractivity contribution in [2.75, 3.05) is 7.05 Å². The minimum atomic E-state index is -0.0957. The molecule has 1 heterocycles. The molecule has 0 aliphatic carbocycles. The van der Waals surface area contributed by atoms with E-state index < -0.39 is 0 Å². The fraction of sp³-hybridized carbons (Fsp3) is 0.533. The average Bonchev–Trinajstić information content (AvgIpc) is 2.58. The number of nitrogens with one attached hydrogen (secondary N) is 1. The molecule has 0 spiro atoms. The molecule has 1 aromatic carbocycles. The van der Waals surface area contributed by atoms with Gasteiger partial charge in [0.25, 0.3) is 0 Å². The second kappa shape index (κ2) is 4.73. The molecule has 1 aliphatic heterocycles. The van der Waals surface area contributed by atoms with Crippen molar-refractivity contribution in [1.29, 1.82) is 0 Å². The maximum atomic E-state index is 12.2. The van der Waals surface area contributed by atoms with Crippen LogP contribution in [0.4, 0.5) is 0 Å². The summed E-state index contributed by atoms with van der Waals surface area (Å²) < 4.78 is 0. The number of likely N-dealkylation sites (N-methyl/N-ethyl adjacent to an activating group) is 1. The highest BCUT2D eigenvalue weighted by Gasteiger charge is 2.41. The number of hydrogen-bond acceptors (Lipinski definition) is 2. The Morgan fingerprint density at radius 1 is 1.22 bits per heavy atom. The second-order valence-electron chi connectivity index (χ2n) is 6.13. The van der Waals surface area contributed by atoms with Crippen LogP contribution in [0.25, 0.3) is 0 Å². The summed E-state index contributed by atoms with van der Waals surface area (Å²) in [6, 6.07) is 10.1. The molecule has 1 amide bonds. The van der Waals surface area contributed by atoms with E-state index in [4.69, 9.17) is 0 Å². The SMILES string of the molecule is CN1C(=O)[C@H](Cc2ccccc2)NC1C(C)(C)C. The van der Waals surface area contributed by atoms with E-state index in [1.807, 2.05) is 30.1 Å². The van der Waals surface area contributed by atoms with Gasteiger partial charge >= 0.3 is 0 Å². The van der Waals surface area contributed by atoms with Crippen LogP contribution in [0.15, 0.2) is 30.3 Å².